The SMILES string of the molecule is Cc1ccc(Cl)cc1C(=O)N1CC(c2ccncc2)C1. The molecule has 0 saturated carbocycles. The Morgan fingerprint density at radius 2 is 1.95 bits per heavy atom. The van der Waals surface area contributed by atoms with Crippen LogP contribution in [0.4, 0.5) is 0 Å². The molecule has 0 N–H and O–H groups in total. The van der Waals surface area contributed by atoms with Crippen LogP contribution >= 0.6 is 11.6 Å². The van der Waals surface area contributed by atoms with Crippen LogP contribution in [0.15, 0.2) is 42.7 Å². The van der Waals surface area contributed by atoms with Crippen LogP contribution in [0.1, 0.15) is 27.4 Å². The molecule has 1 aromatic carbocycles. The average Bonchev–Trinajstić information content (AvgIpc) is 2.41. The van der Waals surface area contributed by atoms with Crippen molar-refractivity contribution in [1.82, 2.24) is 9.88 Å². The van der Waals surface area contributed by atoms with E-state index in [-0.39, 0.29) is 5.91 Å². The van der Waals surface area contributed by atoms with Gasteiger partial charge in [0.05, 0.1) is 0 Å². The molecule has 20 heavy (non-hydrogen) atoms. The number of rotatable bonds is 2. The monoisotopic (exact) mass is 286 g/mol. The molecule has 0 aliphatic carbocycles. The molecule has 1 aliphatic heterocycles. The third-order valence-electron chi connectivity index (χ3n) is 3.78. The minimum absolute atomic E-state index is 0.0651. The van der Waals surface area contributed by atoms with Crippen LogP contribution in [0.25, 0.3) is 0 Å². The summed E-state index contributed by atoms with van der Waals surface area (Å²) in [7, 11) is 0. The van der Waals surface area contributed by atoms with E-state index in [2.05, 4.69) is 4.98 Å². The minimum Gasteiger partial charge on any atom is -0.337 e. The van der Waals surface area contributed by atoms with Crippen molar-refractivity contribution in [3.8, 4) is 0 Å². The summed E-state index contributed by atoms with van der Waals surface area (Å²) >= 11 is 5.97. The lowest BCUT2D eigenvalue weighted by atomic mass is 9.91. The maximum absolute atomic E-state index is 12.4. The maximum Gasteiger partial charge on any atom is 0.254 e. The third kappa shape index (κ3) is 2.41. The number of carbonyl (C=O) groups is 1. The summed E-state index contributed by atoms with van der Waals surface area (Å²) < 4.78 is 0. The van der Waals surface area contributed by atoms with Gasteiger partial charge in [-0.25, -0.2) is 0 Å². The van der Waals surface area contributed by atoms with Crippen molar-refractivity contribution in [2.24, 2.45) is 0 Å². The molecule has 4 heteroatoms. The van der Waals surface area contributed by atoms with Crippen molar-refractivity contribution >= 4 is 17.5 Å². The highest BCUT2D eigenvalue weighted by molar-refractivity contribution is 6.31. The first kappa shape index (κ1) is 13.1. The Morgan fingerprint density at radius 1 is 1.25 bits per heavy atom. The van der Waals surface area contributed by atoms with E-state index in [0.29, 0.717) is 16.5 Å². The van der Waals surface area contributed by atoms with Crippen molar-refractivity contribution < 1.29 is 4.79 Å². The zero-order valence-electron chi connectivity index (χ0n) is 11.2. The molecule has 0 spiro atoms. The first-order valence-corrected chi connectivity index (χ1v) is 6.98. The molecule has 2 heterocycles. The highest BCUT2D eigenvalue weighted by Crippen LogP contribution is 2.29. The summed E-state index contributed by atoms with van der Waals surface area (Å²) in [5.41, 5.74) is 2.91. The fraction of sp³-hybridized carbons (Fsp3) is 0.250. The Labute approximate surface area is 123 Å². The lowest BCUT2D eigenvalue weighted by molar-refractivity contribution is 0.0601. The Morgan fingerprint density at radius 3 is 2.65 bits per heavy atom. The highest BCUT2D eigenvalue weighted by atomic mass is 35.5. The Hall–Kier alpha value is -1.87. The van der Waals surface area contributed by atoms with Crippen molar-refractivity contribution in [1.29, 1.82) is 0 Å². The van der Waals surface area contributed by atoms with Gasteiger partial charge in [-0.2, -0.15) is 0 Å². The van der Waals surface area contributed by atoms with Crippen LogP contribution in [0, 0.1) is 6.92 Å². The number of aromatic nitrogens is 1. The predicted molar refractivity (Wildman–Crippen MR) is 79.1 cm³/mol. The van der Waals surface area contributed by atoms with E-state index in [1.165, 1.54) is 5.56 Å². The number of pyridine rings is 1. The highest BCUT2D eigenvalue weighted by Gasteiger charge is 2.32. The fourth-order valence-electron chi connectivity index (χ4n) is 2.49. The number of nitrogens with zero attached hydrogens (tertiary/aromatic N) is 2. The van der Waals surface area contributed by atoms with E-state index in [1.54, 1.807) is 18.5 Å². The van der Waals surface area contributed by atoms with E-state index in [0.717, 1.165) is 18.7 Å². The number of halogens is 1. The molecule has 0 atom stereocenters. The van der Waals surface area contributed by atoms with Gasteiger partial charge in [-0.3, -0.25) is 9.78 Å². The summed E-state index contributed by atoms with van der Waals surface area (Å²) in [4.78, 5) is 18.3. The van der Waals surface area contributed by atoms with E-state index >= 15 is 0 Å². The van der Waals surface area contributed by atoms with E-state index < -0.39 is 0 Å². The van der Waals surface area contributed by atoms with Gasteiger partial charge >= 0.3 is 0 Å². The molecule has 1 saturated heterocycles. The molecule has 1 aromatic heterocycles. The molecule has 3 rings (SSSR count). The first-order valence-electron chi connectivity index (χ1n) is 6.60. The predicted octanol–water partition coefficient (Wildman–Crippen LogP) is 3.28. The van der Waals surface area contributed by atoms with Gasteiger partial charge in [0, 0.05) is 42.0 Å². The van der Waals surface area contributed by atoms with Crippen LogP contribution in [-0.2, 0) is 0 Å². The smallest absolute Gasteiger partial charge is 0.254 e. The number of likely N-dealkylation sites (tertiary alicyclic amines) is 1. The minimum atomic E-state index is 0.0651. The second-order valence-electron chi connectivity index (χ2n) is 5.15. The molecule has 1 fully saturated rings. The van der Waals surface area contributed by atoms with Gasteiger partial charge in [-0.1, -0.05) is 17.7 Å². The summed E-state index contributed by atoms with van der Waals surface area (Å²) in [5, 5.41) is 0.602. The van der Waals surface area contributed by atoms with Crippen LogP contribution in [0.2, 0.25) is 5.02 Å². The molecular weight excluding hydrogens is 272 g/mol. The maximum atomic E-state index is 12.4. The molecule has 3 nitrogen and oxygen atoms in total. The Bertz CT molecular complexity index is 636. The van der Waals surface area contributed by atoms with Gasteiger partial charge in [-0.05, 0) is 42.3 Å². The average molecular weight is 287 g/mol. The summed E-state index contributed by atoms with van der Waals surface area (Å²) in [6.07, 6.45) is 3.59. The fourth-order valence-corrected chi connectivity index (χ4v) is 2.66. The van der Waals surface area contributed by atoms with Crippen molar-refractivity contribution in [2.75, 3.05) is 13.1 Å². The van der Waals surface area contributed by atoms with E-state index in [4.69, 9.17) is 11.6 Å². The number of benzene rings is 1. The number of amides is 1. The van der Waals surface area contributed by atoms with Gasteiger partial charge in [0.1, 0.15) is 0 Å². The second kappa shape index (κ2) is 5.25. The second-order valence-corrected chi connectivity index (χ2v) is 5.58. The van der Waals surface area contributed by atoms with Crippen molar-refractivity contribution in [3.05, 3.63) is 64.4 Å². The Balaban J connectivity index is 1.71. The standard InChI is InChI=1S/C16H15ClN2O/c1-11-2-3-14(17)8-15(11)16(20)19-9-13(10-19)12-4-6-18-7-5-12/h2-8,13H,9-10H2,1H3. The molecule has 1 amide bonds. The van der Waals surface area contributed by atoms with Crippen molar-refractivity contribution in [2.45, 2.75) is 12.8 Å². The Kier molecular flexibility index (Phi) is 3.45. The van der Waals surface area contributed by atoms with E-state index in [1.807, 2.05) is 36.1 Å². The van der Waals surface area contributed by atoms with Gasteiger partial charge in [0.15, 0.2) is 0 Å². The zero-order valence-corrected chi connectivity index (χ0v) is 12.0. The third-order valence-corrected chi connectivity index (χ3v) is 4.01. The van der Waals surface area contributed by atoms with Crippen molar-refractivity contribution in [3.63, 3.8) is 0 Å². The van der Waals surface area contributed by atoms with E-state index in [9.17, 15) is 4.79 Å². The molecule has 0 unspecified atom stereocenters. The van der Waals surface area contributed by atoms with Crippen LogP contribution in [0.3, 0.4) is 0 Å². The summed E-state index contributed by atoms with van der Waals surface area (Å²) in [5.74, 6) is 0.483. The molecule has 0 bridgehead atoms. The van der Waals surface area contributed by atoms with Gasteiger partial charge < -0.3 is 4.90 Å². The number of hydrogen-bond donors (Lipinski definition) is 0. The summed E-state index contributed by atoms with van der Waals surface area (Å²) in [6.45, 7) is 3.45. The zero-order chi connectivity index (χ0) is 14.1. The molecule has 0 radical (unpaired) electrons. The molecule has 1 aliphatic rings. The topological polar surface area (TPSA) is 33.2 Å². The number of carbonyl (C=O) groups excluding carboxylic acids is 1. The first-order chi connectivity index (χ1) is 9.65. The van der Waals surface area contributed by atoms with Crippen LogP contribution in [-0.4, -0.2) is 28.9 Å². The van der Waals surface area contributed by atoms with Gasteiger partial charge in [0.2, 0.25) is 0 Å². The quantitative estimate of drug-likeness (QED) is 0.849. The molecule has 102 valence electrons. The van der Waals surface area contributed by atoms with Crippen LogP contribution in [0.5, 0.6) is 0 Å². The lowest BCUT2D eigenvalue weighted by Gasteiger charge is -2.39. The largest absolute Gasteiger partial charge is 0.337 e. The molecular formula is C16H15ClN2O. The normalized spacial score (nSPS) is 15.0. The van der Waals surface area contributed by atoms with Crippen LogP contribution < -0.4 is 0 Å². The molecule has 2 aromatic rings. The summed E-state index contributed by atoms with van der Waals surface area (Å²) in [6, 6.07) is 9.46. The number of aryl methyl sites for hydroxylation is 1. The van der Waals surface area contributed by atoms with Gasteiger partial charge in [-0.15, -0.1) is 0 Å². The van der Waals surface area contributed by atoms with Gasteiger partial charge in [0.25, 0.3) is 5.91 Å². The number of hydrogen-bond acceptors (Lipinski definition) is 2. The lowest BCUT2D eigenvalue weighted by Crippen LogP contribution is -2.48.